The number of nitrogens with one attached hydrogen (secondary N) is 4. The maximum absolute atomic E-state index is 14.0. The Morgan fingerprint density at radius 3 is 2.32 bits per heavy atom. The first-order valence-corrected chi connectivity index (χ1v) is 21.9. The molecule has 9 rings (SSSR count). The summed E-state index contributed by atoms with van der Waals surface area (Å²) in [6.45, 7) is 3.39. The molecule has 330 valence electrons. The van der Waals surface area contributed by atoms with Crippen LogP contribution in [0.15, 0.2) is 109 Å². The summed E-state index contributed by atoms with van der Waals surface area (Å²) in [6.07, 6.45) is 6.72. The van der Waals surface area contributed by atoms with E-state index in [4.69, 9.17) is 0 Å². The molecule has 4 aliphatic rings. The van der Waals surface area contributed by atoms with Gasteiger partial charge in [0.1, 0.15) is 23.6 Å². The molecule has 65 heavy (non-hydrogen) atoms. The van der Waals surface area contributed by atoms with Gasteiger partial charge in [-0.25, -0.2) is 4.98 Å². The van der Waals surface area contributed by atoms with Crippen molar-refractivity contribution in [3.8, 4) is 11.1 Å². The number of amides is 7. The smallest absolute Gasteiger partial charge is 0.270 e. The molecule has 2 unspecified atom stereocenters. The summed E-state index contributed by atoms with van der Waals surface area (Å²) >= 11 is 0. The van der Waals surface area contributed by atoms with Gasteiger partial charge in [-0.05, 0) is 91.7 Å². The summed E-state index contributed by atoms with van der Waals surface area (Å²) in [5.74, 6) is -2.58. The minimum atomic E-state index is -1.01. The van der Waals surface area contributed by atoms with E-state index in [9.17, 15) is 33.6 Å². The first kappa shape index (κ1) is 42.7. The van der Waals surface area contributed by atoms with Crippen LogP contribution in [0, 0.1) is 0 Å². The SMILES string of the molecule is O=C1CCC(N2C(=O)c3cccc(NCCCCN4CCC(NC(=O)c5ccc(-c6ccc7c(c6)C(=O)N(C(C(=O)Nc6ccccn6)c6ccccc6)C7)cn5)CC4)c3C2=O)C(=O)N1. The largest absolute Gasteiger partial charge is 0.384 e. The van der Waals surface area contributed by atoms with E-state index in [1.807, 2.05) is 54.6 Å². The summed E-state index contributed by atoms with van der Waals surface area (Å²) in [4.78, 5) is 105. The van der Waals surface area contributed by atoms with Crippen molar-refractivity contribution in [1.29, 1.82) is 0 Å². The van der Waals surface area contributed by atoms with Crippen molar-refractivity contribution in [1.82, 2.24) is 35.3 Å². The molecule has 2 saturated heterocycles. The van der Waals surface area contributed by atoms with E-state index in [2.05, 4.69) is 36.1 Å². The molecule has 0 aliphatic carbocycles. The molecular formula is C49H47N9O7. The molecule has 0 spiro atoms. The second kappa shape index (κ2) is 18.6. The summed E-state index contributed by atoms with van der Waals surface area (Å²) in [5, 5.41) is 11.5. The van der Waals surface area contributed by atoms with Gasteiger partial charge in [-0.2, -0.15) is 0 Å². The van der Waals surface area contributed by atoms with Crippen LogP contribution in [0.1, 0.15) is 97.3 Å². The van der Waals surface area contributed by atoms with E-state index in [1.54, 1.807) is 59.8 Å². The van der Waals surface area contributed by atoms with E-state index in [-0.39, 0.29) is 54.3 Å². The number of piperidine rings is 2. The number of unbranched alkanes of at least 4 members (excludes halogenated alkanes) is 1. The highest BCUT2D eigenvalue weighted by atomic mass is 16.2. The molecule has 16 nitrogen and oxygen atoms in total. The highest BCUT2D eigenvalue weighted by molar-refractivity contribution is 6.25. The van der Waals surface area contributed by atoms with Gasteiger partial charge in [0.15, 0.2) is 0 Å². The van der Waals surface area contributed by atoms with Gasteiger partial charge in [0.25, 0.3) is 29.5 Å². The third-order valence-electron chi connectivity index (χ3n) is 12.5. The highest BCUT2D eigenvalue weighted by Gasteiger charge is 2.45. The minimum Gasteiger partial charge on any atom is -0.384 e. The van der Waals surface area contributed by atoms with Crippen LogP contribution in [0.3, 0.4) is 0 Å². The highest BCUT2D eigenvalue weighted by Crippen LogP contribution is 2.35. The van der Waals surface area contributed by atoms with Crippen LogP contribution in [-0.4, -0.2) is 104 Å². The monoisotopic (exact) mass is 873 g/mol. The van der Waals surface area contributed by atoms with E-state index < -0.39 is 35.7 Å². The Kier molecular flexibility index (Phi) is 12.2. The van der Waals surface area contributed by atoms with Gasteiger partial charge in [-0.15, -0.1) is 0 Å². The number of benzene rings is 3. The predicted octanol–water partition coefficient (Wildman–Crippen LogP) is 4.97. The van der Waals surface area contributed by atoms with Gasteiger partial charge in [0, 0.05) is 67.8 Å². The third-order valence-corrected chi connectivity index (χ3v) is 12.5. The lowest BCUT2D eigenvalue weighted by molar-refractivity contribution is -0.136. The fourth-order valence-electron chi connectivity index (χ4n) is 9.06. The fourth-order valence-corrected chi connectivity index (χ4v) is 9.06. The predicted molar refractivity (Wildman–Crippen MR) is 239 cm³/mol. The van der Waals surface area contributed by atoms with Crippen LogP contribution in [0.5, 0.6) is 0 Å². The maximum atomic E-state index is 14.0. The number of fused-ring (bicyclic) bond motifs is 2. The lowest BCUT2D eigenvalue weighted by Crippen LogP contribution is -2.54. The van der Waals surface area contributed by atoms with Crippen molar-refractivity contribution in [2.45, 2.75) is 63.2 Å². The van der Waals surface area contributed by atoms with Crippen molar-refractivity contribution >= 4 is 52.9 Å². The average molecular weight is 874 g/mol. The fraction of sp³-hybridized carbons (Fsp3) is 0.286. The molecule has 3 aromatic carbocycles. The van der Waals surface area contributed by atoms with E-state index >= 15 is 0 Å². The number of anilines is 2. The molecule has 5 aromatic rings. The van der Waals surface area contributed by atoms with Crippen LogP contribution in [0.4, 0.5) is 11.5 Å². The van der Waals surface area contributed by atoms with Crippen LogP contribution in [0.25, 0.3) is 11.1 Å². The van der Waals surface area contributed by atoms with Crippen molar-refractivity contribution in [2.24, 2.45) is 0 Å². The first-order valence-electron chi connectivity index (χ1n) is 21.9. The Morgan fingerprint density at radius 2 is 1.57 bits per heavy atom. The molecule has 4 N–H and O–H groups in total. The van der Waals surface area contributed by atoms with Gasteiger partial charge in [0.2, 0.25) is 11.8 Å². The molecule has 4 aliphatic heterocycles. The summed E-state index contributed by atoms with van der Waals surface area (Å²) in [7, 11) is 0. The normalized spacial score (nSPS) is 18.0. The average Bonchev–Trinajstić information content (AvgIpc) is 3.78. The summed E-state index contributed by atoms with van der Waals surface area (Å²) in [6, 6.07) is 26.8. The zero-order chi connectivity index (χ0) is 45.0. The molecule has 0 saturated carbocycles. The number of carbonyl (C=O) groups is 7. The number of imide groups is 2. The van der Waals surface area contributed by atoms with Crippen LogP contribution in [-0.2, 0) is 20.9 Å². The number of hydrogen-bond acceptors (Lipinski definition) is 11. The number of carbonyl (C=O) groups excluding carboxylic acids is 7. The van der Waals surface area contributed by atoms with Gasteiger partial charge < -0.3 is 25.8 Å². The molecule has 2 aromatic heterocycles. The molecule has 2 fully saturated rings. The van der Waals surface area contributed by atoms with Gasteiger partial charge in [0.05, 0.1) is 11.1 Å². The Hall–Kier alpha value is -7.59. The minimum absolute atomic E-state index is 0.0125. The molecule has 6 heterocycles. The summed E-state index contributed by atoms with van der Waals surface area (Å²) < 4.78 is 0. The van der Waals surface area contributed by atoms with Gasteiger partial charge >= 0.3 is 0 Å². The zero-order valence-electron chi connectivity index (χ0n) is 35.5. The lowest BCUT2D eigenvalue weighted by atomic mass is 10.0. The Labute approximate surface area is 374 Å². The van der Waals surface area contributed by atoms with E-state index in [0.29, 0.717) is 34.9 Å². The van der Waals surface area contributed by atoms with E-state index in [1.165, 1.54) is 0 Å². The van der Waals surface area contributed by atoms with Crippen molar-refractivity contribution in [3.05, 3.63) is 143 Å². The Balaban J connectivity index is 0.733. The molecule has 2 atom stereocenters. The zero-order valence-corrected chi connectivity index (χ0v) is 35.5. The molecule has 7 amide bonds. The number of aromatic nitrogens is 2. The van der Waals surface area contributed by atoms with Gasteiger partial charge in [-0.3, -0.25) is 48.8 Å². The van der Waals surface area contributed by atoms with Crippen molar-refractivity contribution in [3.63, 3.8) is 0 Å². The van der Waals surface area contributed by atoms with Crippen LogP contribution in [0.2, 0.25) is 0 Å². The Bertz CT molecular complexity index is 2670. The second-order valence-electron chi connectivity index (χ2n) is 16.7. The lowest BCUT2D eigenvalue weighted by Gasteiger charge is -2.32. The molecule has 0 radical (unpaired) electrons. The van der Waals surface area contributed by atoms with Crippen LogP contribution >= 0.6 is 0 Å². The standard InChI is InChI=1S/C49H47N9O7/c59-41-19-18-39(45(61)55-41)58-48(64)35-11-8-12-37(42(35)49(58)65)50-22-6-7-24-56-25-20-34(21-26-56)53-44(60)38-17-16-32(28-52-38)31-14-15-33-29-57(47(63)36(33)27-31)43(30-9-2-1-3-10-30)46(62)54-40-13-4-5-23-51-40/h1-5,8-17,23,27-28,34,39,43,50H,6-7,18-22,24-26,29H2,(H,53,60)(H,51,54,62)(H,55,59,61). The first-order chi connectivity index (χ1) is 31.6. The van der Waals surface area contributed by atoms with Crippen molar-refractivity contribution in [2.75, 3.05) is 36.8 Å². The summed E-state index contributed by atoms with van der Waals surface area (Å²) in [5.41, 5.74) is 4.86. The molecule has 0 bridgehead atoms. The maximum Gasteiger partial charge on any atom is 0.270 e. The molecule has 16 heteroatoms. The topological polar surface area (TPSA) is 203 Å². The number of rotatable bonds is 14. The number of nitrogens with zero attached hydrogens (tertiary/aromatic N) is 5. The quantitative estimate of drug-likeness (QED) is 0.0867. The second-order valence-corrected chi connectivity index (χ2v) is 16.7. The van der Waals surface area contributed by atoms with Crippen LogP contribution < -0.4 is 21.3 Å². The number of pyridine rings is 2. The van der Waals surface area contributed by atoms with Crippen molar-refractivity contribution < 1.29 is 33.6 Å². The van der Waals surface area contributed by atoms with E-state index in [0.717, 1.165) is 66.9 Å². The Morgan fingerprint density at radius 1 is 0.769 bits per heavy atom. The number of hydrogen-bond donors (Lipinski definition) is 4. The third kappa shape index (κ3) is 8.97. The van der Waals surface area contributed by atoms with Gasteiger partial charge in [-0.1, -0.05) is 60.7 Å². The number of likely N-dealkylation sites (tertiary alicyclic amines) is 1. The molecular weight excluding hydrogens is 827 g/mol.